The molecule has 0 saturated carbocycles. The van der Waals surface area contributed by atoms with E-state index in [0.29, 0.717) is 17.7 Å². The molecule has 0 saturated heterocycles. The van der Waals surface area contributed by atoms with Gasteiger partial charge < -0.3 is 9.47 Å². The maximum Gasteiger partial charge on any atom is 0.509 e. The van der Waals surface area contributed by atoms with Gasteiger partial charge in [0.15, 0.2) is 6.10 Å². The van der Waals surface area contributed by atoms with Gasteiger partial charge in [-0.25, -0.2) is 4.79 Å². The molecule has 0 N–H and O–H groups in total. The Kier molecular flexibility index (Phi) is 10.6. The SMILES string of the molecule is CCCCCCCCCCOC(=O)OC(C(=O)c1ccccc1)c1ccccc1. The average Bonchev–Trinajstić information content (AvgIpc) is 2.77. The predicted octanol–water partition coefficient (Wildman–Crippen LogP) is 6.90. The molecule has 1 atom stereocenters. The Balaban J connectivity index is 1.80. The lowest BCUT2D eigenvalue weighted by molar-refractivity contribution is 0.0215. The summed E-state index contributed by atoms with van der Waals surface area (Å²) in [5.41, 5.74) is 1.13. The molecule has 4 nitrogen and oxygen atoms in total. The minimum Gasteiger partial charge on any atom is -0.434 e. The van der Waals surface area contributed by atoms with Crippen LogP contribution in [0.3, 0.4) is 0 Å². The third kappa shape index (κ3) is 8.51. The summed E-state index contributed by atoms with van der Waals surface area (Å²) in [6.45, 7) is 2.53. The van der Waals surface area contributed by atoms with Crippen LogP contribution in [0.1, 0.15) is 80.3 Å². The Labute approximate surface area is 174 Å². The summed E-state index contributed by atoms with van der Waals surface area (Å²) in [6, 6.07) is 17.9. The number of unbranched alkanes of at least 4 members (excludes halogenated alkanes) is 7. The number of hydrogen-bond acceptors (Lipinski definition) is 4. The van der Waals surface area contributed by atoms with Crippen LogP contribution in [0.15, 0.2) is 60.7 Å². The molecule has 0 amide bonds. The molecule has 1 unspecified atom stereocenters. The first kappa shape index (κ1) is 22.7. The van der Waals surface area contributed by atoms with Crippen LogP contribution in [0.5, 0.6) is 0 Å². The molecule has 2 aromatic carbocycles. The van der Waals surface area contributed by atoms with Gasteiger partial charge in [-0.05, 0) is 6.42 Å². The molecular weight excluding hydrogens is 364 g/mol. The molecular formula is C25H32O4. The smallest absolute Gasteiger partial charge is 0.434 e. The van der Waals surface area contributed by atoms with Gasteiger partial charge in [-0.2, -0.15) is 0 Å². The summed E-state index contributed by atoms with van der Waals surface area (Å²) in [5, 5.41) is 0. The van der Waals surface area contributed by atoms with Crippen molar-refractivity contribution in [1.82, 2.24) is 0 Å². The Morgan fingerprint density at radius 1 is 0.759 bits per heavy atom. The largest absolute Gasteiger partial charge is 0.509 e. The van der Waals surface area contributed by atoms with Gasteiger partial charge in [0.05, 0.1) is 6.61 Å². The van der Waals surface area contributed by atoms with Crippen molar-refractivity contribution in [3.05, 3.63) is 71.8 Å². The van der Waals surface area contributed by atoms with Crippen LogP contribution in [0.4, 0.5) is 4.79 Å². The van der Waals surface area contributed by atoms with E-state index in [4.69, 9.17) is 9.47 Å². The Hall–Kier alpha value is -2.62. The maximum absolute atomic E-state index is 12.9. The van der Waals surface area contributed by atoms with Gasteiger partial charge in [-0.3, -0.25) is 4.79 Å². The first-order chi connectivity index (χ1) is 14.2. The summed E-state index contributed by atoms with van der Waals surface area (Å²) in [4.78, 5) is 25.0. The minimum absolute atomic E-state index is 0.263. The Bertz CT molecular complexity index is 712. The molecule has 0 spiro atoms. The van der Waals surface area contributed by atoms with Gasteiger partial charge in [0.2, 0.25) is 5.78 Å². The maximum atomic E-state index is 12.9. The van der Waals surface area contributed by atoms with Crippen molar-refractivity contribution in [2.24, 2.45) is 0 Å². The summed E-state index contributed by atoms with van der Waals surface area (Å²) in [5.74, 6) is -0.263. The topological polar surface area (TPSA) is 52.6 Å². The highest BCUT2D eigenvalue weighted by atomic mass is 16.7. The van der Waals surface area contributed by atoms with E-state index in [9.17, 15) is 9.59 Å². The van der Waals surface area contributed by atoms with Crippen LogP contribution in [0.2, 0.25) is 0 Å². The first-order valence-corrected chi connectivity index (χ1v) is 10.7. The molecule has 0 aliphatic heterocycles. The van der Waals surface area contributed by atoms with Crippen molar-refractivity contribution >= 4 is 11.9 Å². The van der Waals surface area contributed by atoms with Crippen LogP contribution in [-0.2, 0) is 9.47 Å². The average molecular weight is 397 g/mol. The van der Waals surface area contributed by atoms with E-state index in [-0.39, 0.29) is 5.78 Å². The van der Waals surface area contributed by atoms with Gasteiger partial charge in [-0.15, -0.1) is 0 Å². The highest BCUT2D eigenvalue weighted by Gasteiger charge is 2.26. The summed E-state index contributed by atoms with van der Waals surface area (Å²) in [7, 11) is 0. The number of carbonyl (C=O) groups is 2. The van der Waals surface area contributed by atoms with Crippen LogP contribution in [0, 0.1) is 0 Å². The van der Waals surface area contributed by atoms with E-state index in [1.807, 2.05) is 24.3 Å². The van der Waals surface area contributed by atoms with Crippen molar-refractivity contribution in [2.75, 3.05) is 6.61 Å². The Morgan fingerprint density at radius 3 is 1.93 bits per heavy atom. The quantitative estimate of drug-likeness (QED) is 0.210. The van der Waals surface area contributed by atoms with Gasteiger partial charge >= 0.3 is 6.16 Å². The van der Waals surface area contributed by atoms with Crippen LogP contribution in [0.25, 0.3) is 0 Å². The number of hydrogen-bond donors (Lipinski definition) is 0. The molecule has 2 rings (SSSR count). The number of carbonyl (C=O) groups excluding carboxylic acids is 2. The molecule has 0 aromatic heterocycles. The lowest BCUT2D eigenvalue weighted by atomic mass is 10.00. The van der Waals surface area contributed by atoms with E-state index in [0.717, 1.165) is 19.3 Å². The summed E-state index contributed by atoms with van der Waals surface area (Å²) in [6.07, 6.45) is 7.55. The fraction of sp³-hybridized carbons (Fsp3) is 0.440. The molecule has 0 aliphatic carbocycles. The van der Waals surface area contributed by atoms with E-state index < -0.39 is 12.3 Å². The van der Waals surface area contributed by atoms with E-state index >= 15 is 0 Å². The normalized spacial score (nSPS) is 11.6. The lowest BCUT2D eigenvalue weighted by Gasteiger charge is -2.17. The van der Waals surface area contributed by atoms with Crippen LogP contribution in [-0.4, -0.2) is 18.5 Å². The second-order valence-electron chi connectivity index (χ2n) is 7.21. The van der Waals surface area contributed by atoms with Crippen LogP contribution >= 0.6 is 0 Å². The number of rotatable bonds is 13. The van der Waals surface area contributed by atoms with E-state index in [2.05, 4.69) is 6.92 Å². The summed E-state index contributed by atoms with van der Waals surface area (Å²) < 4.78 is 10.6. The van der Waals surface area contributed by atoms with Crippen molar-refractivity contribution < 1.29 is 19.1 Å². The number of benzene rings is 2. The summed E-state index contributed by atoms with van der Waals surface area (Å²) >= 11 is 0. The Morgan fingerprint density at radius 2 is 1.31 bits per heavy atom. The second kappa shape index (κ2) is 13.5. The molecule has 0 aliphatic rings. The molecule has 0 heterocycles. The molecule has 0 bridgehead atoms. The monoisotopic (exact) mass is 396 g/mol. The molecule has 29 heavy (non-hydrogen) atoms. The lowest BCUT2D eigenvalue weighted by Crippen LogP contribution is -2.21. The zero-order chi connectivity index (χ0) is 20.7. The highest BCUT2D eigenvalue weighted by Crippen LogP contribution is 2.23. The molecule has 0 radical (unpaired) electrons. The zero-order valence-electron chi connectivity index (χ0n) is 17.3. The molecule has 0 fully saturated rings. The van der Waals surface area contributed by atoms with E-state index in [1.54, 1.807) is 36.4 Å². The van der Waals surface area contributed by atoms with Gasteiger partial charge in [-0.1, -0.05) is 113 Å². The van der Waals surface area contributed by atoms with Gasteiger partial charge in [0, 0.05) is 11.1 Å². The molecule has 156 valence electrons. The fourth-order valence-electron chi connectivity index (χ4n) is 3.18. The molecule has 2 aromatic rings. The standard InChI is InChI=1S/C25H32O4/c1-2-3-4-5-6-7-8-15-20-28-25(27)29-24(22-18-13-10-14-19-22)23(26)21-16-11-9-12-17-21/h9-14,16-19,24H,2-8,15,20H2,1H3. The van der Waals surface area contributed by atoms with E-state index in [1.165, 1.54) is 32.1 Å². The van der Waals surface area contributed by atoms with Gasteiger partial charge in [0.25, 0.3) is 0 Å². The number of Topliss-reactive ketones (excluding diaryl/α,β-unsaturated/α-hetero) is 1. The van der Waals surface area contributed by atoms with Crippen molar-refractivity contribution in [1.29, 1.82) is 0 Å². The molecule has 4 heteroatoms. The third-order valence-electron chi connectivity index (χ3n) is 4.83. The minimum atomic E-state index is -1.01. The first-order valence-electron chi connectivity index (χ1n) is 10.7. The highest BCUT2D eigenvalue weighted by molar-refractivity contribution is 6.00. The van der Waals surface area contributed by atoms with Crippen molar-refractivity contribution in [3.63, 3.8) is 0 Å². The predicted molar refractivity (Wildman–Crippen MR) is 115 cm³/mol. The second-order valence-corrected chi connectivity index (χ2v) is 7.21. The number of ether oxygens (including phenoxy) is 2. The number of ketones is 1. The third-order valence-corrected chi connectivity index (χ3v) is 4.83. The van der Waals surface area contributed by atoms with Gasteiger partial charge in [0.1, 0.15) is 0 Å². The fourth-order valence-corrected chi connectivity index (χ4v) is 3.18. The van der Waals surface area contributed by atoms with Crippen LogP contribution < -0.4 is 0 Å². The van der Waals surface area contributed by atoms with Crippen molar-refractivity contribution in [2.45, 2.75) is 64.4 Å². The van der Waals surface area contributed by atoms with Crippen molar-refractivity contribution in [3.8, 4) is 0 Å². The zero-order valence-corrected chi connectivity index (χ0v) is 17.3.